The smallest absolute Gasteiger partial charge is 0.270 e. The van der Waals surface area contributed by atoms with Crippen LogP contribution in [0.4, 0.5) is 11.6 Å². The minimum absolute atomic E-state index is 0.132. The first kappa shape index (κ1) is 19.9. The largest absolute Gasteiger partial charge is 0.495 e. The molecule has 0 atom stereocenters. The van der Waals surface area contributed by atoms with Crippen LogP contribution in [0, 0.1) is 6.92 Å². The number of piperazine rings is 1. The van der Waals surface area contributed by atoms with Crippen molar-refractivity contribution in [3.05, 3.63) is 41.7 Å². The first-order valence-electron chi connectivity index (χ1n) is 9.89. The lowest BCUT2D eigenvalue weighted by atomic mass is 10.2. The quantitative estimate of drug-likeness (QED) is 0.741. The Hall–Kier alpha value is -2.83. The van der Waals surface area contributed by atoms with E-state index in [9.17, 15) is 4.79 Å². The third-order valence-electron chi connectivity index (χ3n) is 4.88. The van der Waals surface area contributed by atoms with E-state index in [1.165, 1.54) is 0 Å². The number of methoxy groups -OCH3 is 1. The van der Waals surface area contributed by atoms with Gasteiger partial charge in [-0.25, -0.2) is 9.97 Å². The summed E-state index contributed by atoms with van der Waals surface area (Å²) in [5.74, 6) is 1.38. The highest BCUT2D eigenvalue weighted by Crippen LogP contribution is 2.28. The van der Waals surface area contributed by atoms with Crippen LogP contribution >= 0.6 is 0 Å². The highest BCUT2D eigenvalue weighted by Gasteiger charge is 2.22. The molecular formula is C21H29N5O2. The van der Waals surface area contributed by atoms with E-state index in [1.807, 2.05) is 25.1 Å². The van der Waals surface area contributed by atoms with E-state index in [0.717, 1.165) is 56.2 Å². The number of ether oxygens (including phenoxy) is 1. The first-order valence-corrected chi connectivity index (χ1v) is 9.89. The zero-order valence-electron chi connectivity index (χ0n) is 16.9. The number of para-hydroxylation sites is 2. The van der Waals surface area contributed by atoms with E-state index >= 15 is 0 Å². The second kappa shape index (κ2) is 9.39. The van der Waals surface area contributed by atoms with Crippen LogP contribution in [0.5, 0.6) is 5.75 Å². The lowest BCUT2D eigenvalue weighted by Gasteiger charge is -2.36. The number of amides is 1. The maximum Gasteiger partial charge on any atom is 0.270 e. The maximum atomic E-state index is 12.4. The van der Waals surface area contributed by atoms with Gasteiger partial charge in [-0.2, -0.15) is 0 Å². The van der Waals surface area contributed by atoms with E-state index in [-0.39, 0.29) is 5.91 Å². The van der Waals surface area contributed by atoms with Gasteiger partial charge in [-0.3, -0.25) is 4.79 Å². The summed E-state index contributed by atoms with van der Waals surface area (Å²) in [6.07, 6.45) is 2.01. The molecule has 1 N–H and O–H groups in total. The topological polar surface area (TPSA) is 70.6 Å². The van der Waals surface area contributed by atoms with E-state index in [2.05, 4.69) is 38.1 Å². The molecule has 150 valence electrons. The molecule has 0 bridgehead atoms. The molecule has 0 aliphatic carbocycles. The van der Waals surface area contributed by atoms with Gasteiger partial charge in [-0.15, -0.1) is 0 Å². The molecule has 1 aliphatic rings. The molecule has 0 spiro atoms. The highest BCUT2D eigenvalue weighted by molar-refractivity contribution is 5.92. The van der Waals surface area contributed by atoms with Crippen molar-refractivity contribution in [2.45, 2.75) is 26.7 Å². The summed E-state index contributed by atoms with van der Waals surface area (Å²) >= 11 is 0. The van der Waals surface area contributed by atoms with Crippen LogP contribution < -0.4 is 19.9 Å². The number of benzene rings is 1. The number of carbonyl (C=O) groups is 1. The number of aromatic nitrogens is 2. The molecule has 3 rings (SSSR count). The number of nitrogens with one attached hydrogen (secondary N) is 1. The maximum absolute atomic E-state index is 12.4. The van der Waals surface area contributed by atoms with Gasteiger partial charge in [0.05, 0.1) is 12.8 Å². The number of hydrogen-bond acceptors (Lipinski definition) is 6. The number of carbonyl (C=O) groups excluding carboxylic acids is 1. The lowest BCUT2D eigenvalue weighted by molar-refractivity contribution is 0.0948. The van der Waals surface area contributed by atoms with Gasteiger partial charge >= 0.3 is 0 Å². The van der Waals surface area contributed by atoms with E-state index < -0.39 is 0 Å². The SMILES string of the molecule is CCCCNC(=O)c1cc(C)nc(N2CCN(c3ccccc3OC)CC2)n1. The van der Waals surface area contributed by atoms with Crippen molar-refractivity contribution in [1.29, 1.82) is 0 Å². The van der Waals surface area contributed by atoms with Crippen molar-refractivity contribution in [3.63, 3.8) is 0 Å². The average molecular weight is 383 g/mol. The van der Waals surface area contributed by atoms with Gasteiger partial charge in [0, 0.05) is 38.4 Å². The van der Waals surface area contributed by atoms with Crippen LogP contribution in [-0.4, -0.2) is 55.7 Å². The van der Waals surface area contributed by atoms with Gasteiger partial charge < -0.3 is 19.9 Å². The minimum Gasteiger partial charge on any atom is -0.495 e. The first-order chi connectivity index (χ1) is 13.6. The molecule has 0 radical (unpaired) electrons. The predicted octanol–water partition coefficient (Wildman–Crippen LogP) is 2.65. The van der Waals surface area contributed by atoms with Gasteiger partial charge in [0.15, 0.2) is 0 Å². The predicted molar refractivity (Wildman–Crippen MR) is 111 cm³/mol. The van der Waals surface area contributed by atoms with Crippen LogP contribution in [0.15, 0.2) is 30.3 Å². The van der Waals surface area contributed by atoms with E-state index in [0.29, 0.717) is 18.2 Å². The van der Waals surface area contributed by atoms with E-state index in [4.69, 9.17) is 4.74 Å². The van der Waals surface area contributed by atoms with Crippen molar-refractivity contribution in [3.8, 4) is 5.75 Å². The van der Waals surface area contributed by atoms with Crippen molar-refractivity contribution in [2.75, 3.05) is 49.6 Å². The second-order valence-electron chi connectivity index (χ2n) is 6.95. The molecule has 1 fully saturated rings. The Morgan fingerprint density at radius 1 is 1.14 bits per heavy atom. The lowest BCUT2D eigenvalue weighted by Crippen LogP contribution is -2.47. The van der Waals surface area contributed by atoms with Crippen molar-refractivity contribution >= 4 is 17.5 Å². The van der Waals surface area contributed by atoms with Crippen LogP contribution in [0.1, 0.15) is 35.9 Å². The number of unbranched alkanes of at least 4 members (excludes halogenated alkanes) is 1. The van der Waals surface area contributed by atoms with E-state index in [1.54, 1.807) is 13.2 Å². The molecule has 1 amide bonds. The van der Waals surface area contributed by atoms with Crippen LogP contribution in [0.2, 0.25) is 0 Å². The molecule has 7 heteroatoms. The van der Waals surface area contributed by atoms with Gasteiger partial charge in [-0.05, 0) is 31.5 Å². The Morgan fingerprint density at radius 3 is 2.57 bits per heavy atom. The summed E-state index contributed by atoms with van der Waals surface area (Å²) in [4.78, 5) is 25.9. The second-order valence-corrected chi connectivity index (χ2v) is 6.95. The highest BCUT2D eigenvalue weighted by atomic mass is 16.5. The fourth-order valence-corrected chi connectivity index (χ4v) is 3.32. The Balaban J connectivity index is 1.68. The van der Waals surface area contributed by atoms with Crippen molar-refractivity contribution in [2.24, 2.45) is 0 Å². The van der Waals surface area contributed by atoms with Gasteiger partial charge in [0.25, 0.3) is 5.91 Å². The normalized spacial score (nSPS) is 14.1. The number of anilines is 2. The molecule has 1 saturated heterocycles. The van der Waals surface area contributed by atoms with Crippen LogP contribution in [-0.2, 0) is 0 Å². The number of aryl methyl sites for hydroxylation is 1. The molecule has 2 heterocycles. The van der Waals surface area contributed by atoms with Crippen LogP contribution in [0.25, 0.3) is 0 Å². The monoisotopic (exact) mass is 383 g/mol. The Kier molecular flexibility index (Phi) is 6.68. The van der Waals surface area contributed by atoms with Gasteiger partial charge in [-0.1, -0.05) is 25.5 Å². The third-order valence-corrected chi connectivity index (χ3v) is 4.88. The van der Waals surface area contributed by atoms with Gasteiger partial charge in [0.2, 0.25) is 5.95 Å². The standard InChI is InChI=1S/C21H29N5O2/c1-4-5-10-22-20(27)17-15-16(2)23-21(24-17)26-13-11-25(12-14-26)18-8-6-7-9-19(18)28-3/h6-9,15H,4-5,10-14H2,1-3H3,(H,22,27). The minimum atomic E-state index is -0.132. The Bertz CT molecular complexity index is 803. The number of nitrogens with zero attached hydrogens (tertiary/aromatic N) is 4. The molecule has 0 saturated carbocycles. The summed E-state index contributed by atoms with van der Waals surface area (Å²) in [7, 11) is 1.70. The fourth-order valence-electron chi connectivity index (χ4n) is 3.32. The zero-order chi connectivity index (χ0) is 19.9. The molecule has 0 unspecified atom stereocenters. The molecule has 7 nitrogen and oxygen atoms in total. The Labute approximate surface area is 166 Å². The zero-order valence-corrected chi connectivity index (χ0v) is 16.9. The number of rotatable bonds is 7. The summed E-state index contributed by atoms with van der Waals surface area (Å²) in [5.41, 5.74) is 2.34. The summed E-state index contributed by atoms with van der Waals surface area (Å²) in [6.45, 7) is 7.94. The molecule has 28 heavy (non-hydrogen) atoms. The fraction of sp³-hybridized carbons (Fsp3) is 0.476. The number of hydrogen-bond donors (Lipinski definition) is 1. The Morgan fingerprint density at radius 2 is 1.86 bits per heavy atom. The van der Waals surface area contributed by atoms with Crippen molar-refractivity contribution < 1.29 is 9.53 Å². The molecule has 1 aliphatic heterocycles. The van der Waals surface area contributed by atoms with Crippen LogP contribution in [0.3, 0.4) is 0 Å². The molecule has 1 aromatic carbocycles. The van der Waals surface area contributed by atoms with Crippen molar-refractivity contribution in [1.82, 2.24) is 15.3 Å². The molecule has 1 aromatic heterocycles. The summed E-state index contributed by atoms with van der Waals surface area (Å²) < 4.78 is 5.48. The summed E-state index contributed by atoms with van der Waals surface area (Å²) in [5, 5.41) is 2.93. The third kappa shape index (κ3) is 4.71. The molecule has 2 aromatic rings. The average Bonchev–Trinajstić information content (AvgIpc) is 2.73. The molecular weight excluding hydrogens is 354 g/mol. The summed E-state index contributed by atoms with van der Waals surface area (Å²) in [6, 6.07) is 9.81. The van der Waals surface area contributed by atoms with Gasteiger partial charge in [0.1, 0.15) is 11.4 Å².